The van der Waals surface area contributed by atoms with Crippen molar-refractivity contribution >= 4 is 42.3 Å². The molecule has 6 amide bonds. The molecule has 0 unspecified atom stereocenters. The Labute approximate surface area is 483 Å². The molecule has 470 valence electrons. The molecule has 2 saturated carbocycles. The van der Waals surface area contributed by atoms with E-state index >= 15 is 0 Å². The summed E-state index contributed by atoms with van der Waals surface area (Å²) >= 11 is 0. The van der Waals surface area contributed by atoms with Crippen molar-refractivity contribution in [1.82, 2.24) is 36.8 Å². The summed E-state index contributed by atoms with van der Waals surface area (Å²) in [6.07, 6.45) is -11.7. The molecule has 26 heteroatoms. The average Bonchev–Trinajstić information content (AvgIpc) is 3.22. The molecule has 3 fully saturated rings. The van der Waals surface area contributed by atoms with Gasteiger partial charge in [0.2, 0.25) is 11.9 Å². The Kier molecular flexibility index (Phi) is 22.2. The molecule has 0 radical (unpaired) electrons. The molecule has 0 bridgehead atoms. The number of ether oxygens (including phenoxy) is 8. The van der Waals surface area contributed by atoms with Gasteiger partial charge in [0.05, 0.1) is 37.3 Å². The smallest absolute Gasteiger partial charge is 0.414 e. The first-order valence-electron chi connectivity index (χ1n) is 28.1. The second-order valence-electron chi connectivity index (χ2n) is 28.4. The van der Waals surface area contributed by atoms with Crippen molar-refractivity contribution in [2.45, 2.75) is 264 Å². The van der Waals surface area contributed by atoms with E-state index in [1.165, 1.54) is 14.0 Å². The highest BCUT2D eigenvalue weighted by molar-refractivity contribution is 6.03. The van der Waals surface area contributed by atoms with Crippen LogP contribution < -0.4 is 31.9 Å². The van der Waals surface area contributed by atoms with Gasteiger partial charge in [0.25, 0.3) is 0 Å². The maximum atomic E-state index is 14.0. The van der Waals surface area contributed by atoms with Crippen LogP contribution in [-0.2, 0) is 42.7 Å². The minimum absolute atomic E-state index is 0.0321. The topological polar surface area (TPSA) is 345 Å². The third-order valence-electron chi connectivity index (χ3n) is 13.0. The van der Waals surface area contributed by atoms with Crippen LogP contribution in [0.15, 0.2) is 16.8 Å². The minimum Gasteiger partial charge on any atom is -0.488 e. The monoisotopic (exact) mass is 1170 g/mol. The fraction of sp³-hybridized carbons (Fsp3) is 0.839. The number of likely N-dealkylation sites (N-methyl/N-ethyl adjacent to an activating group) is 1. The van der Waals surface area contributed by atoms with Crippen molar-refractivity contribution in [3.05, 3.63) is 11.8 Å². The van der Waals surface area contributed by atoms with Crippen molar-refractivity contribution in [2.75, 3.05) is 26.7 Å². The Hall–Kier alpha value is -5.25. The minimum atomic E-state index is -2.79. The van der Waals surface area contributed by atoms with E-state index in [1.54, 1.807) is 110 Å². The Morgan fingerprint density at radius 3 is 1.74 bits per heavy atom. The van der Waals surface area contributed by atoms with E-state index in [2.05, 4.69) is 31.9 Å². The molecule has 1 saturated heterocycles. The van der Waals surface area contributed by atoms with E-state index in [-0.39, 0.29) is 37.1 Å². The van der Waals surface area contributed by atoms with E-state index in [4.69, 9.17) is 42.9 Å². The van der Waals surface area contributed by atoms with Gasteiger partial charge in [0.1, 0.15) is 57.7 Å². The van der Waals surface area contributed by atoms with Crippen LogP contribution in [0.4, 0.5) is 24.0 Å². The van der Waals surface area contributed by atoms with Crippen LogP contribution in [0.5, 0.6) is 0 Å². The Morgan fingerprint density at radius 2 is 1.22 bits per heavy atom. The number of aliphatic hydroxyl groups excluding tert-OH is 2. The van der Waals surface area contributed by atoms with Gasteiger partial charge >= 0.3 is 30.5 Å². The predicted octanol–water partition coefficient (Wildman–Crippen LogP) is 4.73. The zero-order valence-corrected chi connectivity index (χ0v) is 52.0. The quantitative estimate of drug-likeness (QED) is 0.0677. The van der Waals surface area contributed by atoms with Crippen LogP contribution in [-0.4, -0.2) is 195 Å². The summed E-state index contributed by atoms with van der Waals surface area (Å²) in [6.45, 7) is 31.6. The lowest BCUT2D eigenvalue weighted by molar-refractivity contribution is -0.317. The number of carbonyl (C=O) groups is 6. The lowest BCUT2D eigenvalue weighted by Gasteiger charge is -2.55. The lowest BCUT2D eigenvalue weighted by Crippen LogP contribution is -2.78. The van der Waals surface area contributed by atoms with Crippen LogP contribution in [0.3, 0.4) is 0 Å². The molecule has 0 spiro atoms. The highest BCUT2D eigenvalue weighted by Crippen LogP contribution is 2.42. The van der Waals surface area contributed by atoms with Crippen LogP contribution in [0.1, 0.15) is 164 Å². The highest BCUT2D eigenvalue weighted by atomic mass is 16.7. The van der Waals surface area contributed by atoms with Crippen LogP contribution in [0, 0.1) is 11.3 Å². The third kappa shape index (κ3) is 21.4. The summed E-state index contributed by atoms with van der Waals surface area (Å²) in [5.74, 6) is -0.590. The molecule has 11 atom stereocenters. The number of aliphatic hydroxyl groups is 4. The van der Waals surface area contributed by atoms with E-state index < -0.39 is 155 Å². The number of rotatable bonds is 13. The number of nitrogens with zero attached hydrogens (tertiary/aromatic N) is 2. The van der Waals surface area contributed by atoms with Gasteiger partial charge in [-0.15, -0.1) is 0 Å². The molecule has 0 aromatic heterocycles. The van der Waals surface area contributed by atoms with E-state index in [9.17, 15) is 49.2 Å². The first-order chi connectivity index (χ1) is 37.1. The molecular weight excluding hydrogens is 1070 g/mol. The maximum absolute atomic E-state index is 14.0. The molecule has 2 aliphatic heterocycles. The fourth-order valence-corrected chi connectivity index (χ4v) is 9.86. The molecular formula is C56H98N8O18. The van der Waals surface area contributed by atoms with E-state index in [1.807, 2.05) is 20.8 Å². The van der Waals surface area contributed by atoms with E-state index in [0.717, 1.165) is 4.90 Å². The molecule has 2 heterocycles. The molecule has 10 N–H and O–H groups in total. The second-order valence-corrected chi connectivity index (χ2v) is 28.4. The Bertz CT molecular complexity index is 2270. The molecule has 0 aromatic carbocycles. The first-order valence-corrected chi connectivity index (χ1v) is 28.1. The first kappa shape index (κ1) is 69.2. The molecule has 4 rings (SSSR count). The SMILES string of the molecule is CN(C(=O)OC(C)(C)C)[C@@H]1[C@@H](O)[C@@H](O[C@@H]2[C@@H](O)[C@@](O)([C@H]3OC(CNCC4CC(NC(=O)OC(C)(C)C)C4)=CC[C@H]3N=C(NC(=O)CC(C)(C)C)NC(=O)OC(C)(C)C)[C@@H](NC(=O)OC(C)(C)C)C[C@H]2NC(=O)OC(C)(C)C)OC[C@]1(C)O. The number of guanidine groups is 1. The number of aliphatic imine (C=N–C) groups is 1. The van der Waals surface area contributed by atoms with Gasteiger partial charge in [-0.2, -0.15) is 0 Å². The van der Waals surface area contributed by atoms with Crippen molar-refractivity contribution in [3.63, 3.8) is 0 Å². The molecule has 4 aliphatic rings. The lowest BCUT2D eigenvalue weighted by atomic mass is 9.68. The van der Waals surface area contributed by atoms with Gasteiger partial charge in [-0.3, -0.25) is 15.4 Å². The molecule has 0 aromatic rings. The van der Waals surface area contributed by atoms with Gasteiger partial charge in [0.15, 0.2) is 18.0 Å². The maximum Gasteiger partial charge on any atom is 0.414 e. The molecule has 82 heavy (non-hydrogen) atoms. The van der Waals surface area contributed by atoms with Gasteiger partial charge in [-0.25, -0.2) is 29.0 Å². The number of alkyl carbamates (subject to hydrolysis) is 4. The van der Waals surface area contributed by atoms with E-state index in [0.29, 0.717) is 19.4 Å². The zero-order chi connectivity index (χ0) is 62.5. The van der Waals surface area contributed by atoms with Gasteiger partial charge < -0.3 is 84.5 Å². The number of hydrogen-bond donors (Lipinski definition) is 10. The molecule has 26 nitrogen and oxygen atoms in total. The third-order valence-corrected chi connectivity index (χ3v) is 13.0. The summed E-state index contributed by atoms with van der Waals surface area (Å²) in [7, 11) is 1.30. The summed E-state index contributed by atoms with van der Waals surface area (Å²) in [4.78, 5) is 86.7. The van der Waals surface area contributed by atoms with Gasteiger partial charge in [0, 0.05) is 19.5 Å². The van der Waals surface area contributed by atoms with Crippen molar-refractivity contribution in [1.29, 1.82) is 0 Å². The summed E-state index contributed by atoms with van der Waals surface area (Å²) in [5, 5.41) is 67.6. The summed E-state index contributed by atoms with van der Waals surface area (Å²) < 4.78 is 47.1. The van der Waals surface area contributed by atoms with Crippen LogP contribution in [0.25, 0.3) is 0 Å². The fourth-order valence-electron chi connectivity index (χ4n) is 9.86. The molecule has 2 aliphatic carbocycles. The summed E-state index contributed by atoms with van der Waals surface area (Å²) in [6, 6.07) is -6.01. The van der Waals surface area contributed by atoms with Gasteiger partial charge in [-0.1, -0.05) is 20.8 Å². The average molecular weight is 1170 g/mol. The van der Waals surface area contributed by atoms with Crippen molar-refractivity contribution in [3.8, 4) is 0 Å². The zero-order valence-electron chi connectivity index (χ0n) is 52.0. The number of carbonyl (C=O) groups excluding carboxylic acids is 6. The summed E-state index contributed by atoms with van der Waals surface area (Å²) in [5.41, 5.74) is -10.0. The number of hydrogen-bond acceptors (Lipinski definition) is 20. The van der Waals surface area contributed by atoms with Crippen molar-refractivity contribution in [2.24, 2.45) is 16.3 Å². The van der Waals surface area contributed by atoms with Crippen molar-refractivity contribution < 1.29 is 87.1 Å². The largest absolute Gasteiger partial charge is 0.488 e. The normalized spacial score (nSPS) is 30.2. The predicted molar refractivity (Wildman–Crippen MR) is 300 cm³/mol. The van der Waals surface area contributed by atoms with Crippen LogP contribution >= 0.6 is 0 Å². The second kappa shape index (κ2) is 26.3. The Balaban J connectivity index is 1.90. The number of nitrogens with one attached hydrogen (secondary N) is 6. The highest BCUT2D eigenvalue weighted by Gasteiger charge is 2.64. The van der Waals surface area contributed by atoms with Gasteiger partial charge in [-0.05, 0) is 160 Å². The van der Waals surface area contributed by atoms with Crippen LogP contribution in [0.2, 0.25) is 0 Å². The Morgan fingerprint density at radius 1 is 0.707 bits per heavy atom. The standard InChI is InChI=1S/C56H98N8O18/c1-49(2,3)26-36(65)62-43(63-47(71)81-53(13,14)15)59-33-22-21-32(28-57-27-30-23-31(24-30)58-44(68)78-50(4,5)6)76-41(33)56(74)35(61-46(70)80-52(10,11)12)25-34(60-45(69)79-51(7,8)9)38(40(56)67)77-42-37(66)39(55(19,73)29-75-42)64(20)48(72)82-54(16,17)18/h21,30-31,33-35,37-42,57,66-67,73-74H,22-29H2,1-20H3,(H,58,68)(H,60,69)(H,61,70)(H2,59,62,63,65,71)/t30?,31?,33-,34-,35+,37-,38+,39-,40-,41+,42-,55+,56-/m1/s1. The number of amides is 6.